The molecule has 34 heavy (non-hydrogen) atoms. The minimum atomic E-state index is -0.268. The van der Waals surface area contributed by atoms with Gasteiger partial charge < -0.3 is 28.4 Å². The Morgan fingerprint density at radius 2 is 1.00 bits per heavy atom. The maximum absolute atomic E-state index is 5.87. The predicted molar refractivity (Wildman–Crippen MR) is 128 cm³/mol. The zero-order chi connectivity index (χ0) is 23.3. The molecule has 2 aromatic carbocycles. The van der Waals surface area contributed by atoms with Gasteiger partial charge in [0.1, 0.15) is 23.7 Å². The van der Waals surface area contributed by atoms with Crippen LogP contribution in [0.15, 0.2) is 48.5 Å². The van der Waals surface area contributed by atoms with Crippen LogP contribution in [-0.2, 0) is 18.9 Å². The quantitative estimate of drug-likeness (QED) is 0.307. The van der Waals surface area contributed by atoms with Gasteiger partial charge >= 0.3 is 0 Å². The summed E-state index contributed by atoms with van der Waals surface area (Å²) in [5, 5.41) is 0. The van der Waals surface area contributed by atoms with Crippen LogP contribution >= 0.6 is 0 Å². The molecule has 1 saturated carbocycles. The van der Waals surface area contributed by atoms with Crippen LogP contribution in [0.2, 0.25) is 0 Å². The Balaban J connectivity index is 1.05. The lowest BCUT2D eigenvalue weighted by Gasteiger charge is -2.29. The van der Waals surface area contributed by atoms with Crippen LogP contribution < -0.4 is 9.47 Å². The van der Waals surface area contributed by atoms with Crippen molar-refractivity contribution < 1.29 is 28.4 Å². The first-order chi connectivity index (χ1) is 16.6. The van der Waals surface area contributed by atoms with Crippen molar-refractivity contribution in [2.45, 2.75) is 76.2 Å². The van der Waals surface area contributed by atoms with Crippen LogP contribution in [-0.4, -0.2) is 51.2 Å². The number of rotatable bonds is 12. The fourth-order valence-electron chi connectivity index (χ4n) is 4.66. The van der Waals surface area contributed by atoms with E-state index in [-0.39, 0.29) is 24.8 Å². The molecule has 2 aliphatic heterocycles. The fraction of sp³-hybridized carbons (Fsp3) is 0.571. The molecule has 0 radical (unpaired) electrons. The SMILES string of the molecule is CC(OCC1CO1)Oc1ccc(C2CCC(c3ccc(OC(C)OCC4CO4)cc3)CC2)cc1. The normalized spacial score (nSPS) is 27.6. The second kappa shape index (κ2) is 11.1. The monoisotopic (exact) mass is 468 g/mol. The molecule has 0 N–H and O–H groups in total. The lowest BCUT2D eigenvalue weighted by atomic mass is 9.76. The van der Waals surface area contributed by atoms with Crippen LogP contribution in [0.3, 0.4) is 0 Å². The van der Waals surface area contributed by atoms with Crippen LogP contribution in [0.1, 0.15) is 62.5 Å². The molecule has 0 spiro atoms. The highest BCUT2D eigenvalue weighted by molar-refractivity contribution is 5.32. The second-order valence-electron chi connectivity index (χ2n) is 9.63. The van der Waals surface area contributed by atoms with E-state index in [1.807, 2.05) is 13.8 Å². The Bertz CT molecular complexity index is 807. The minimum Gasteiger partial charge on any atom is -0.465 e. The van der Waals surface area contributed by atoms with E-state index >= 15 is 0 Å². The summed E-state index contributed by atoms with van der Waals surface area (Å²) in [6.45, 7) is 6.65. The third-order valence-electron chi connectivity index (χ3n) is 6.87. The predicted octanol–water partition coefficient (Wildman–Crippen LogP) is 5.41. The molecule has 184 valence electrons. The molecule has 0 amide bonds. The van der Waals surface area contributed by atoms with Gasteiger partial charge in [0, 0.05) is 0 Å². The summed E-state index contributed by atoms with van der Waals surface area (Å²) < 4.78 is 33.4. The van der Waals surface area contributed by atoms with Crippen LogP contribution in [0.5, 0.6) is 11.5 Å². The fourth-order valence-corrected chi connectivity index (χ4v) is 4.66. The standard InChI is InChI=1S/C28H36O6/c1-19(29-15-27-17-31-27)33-25-11-7-23(8-12-25)21-3-5-22(6-4-21)24-9-13-26(14-10-24)34-20(2)30-16-28-18-32-28/h7-14,19-22,27-28H,3-6,15-18H2,1-2H3. The highest BCUT2D eigenvalue weighted by Crippen LogP contribution is 2.41. The van der Waals surface area contributed by atoms with Gasteiger partial charge in [0.15, 0.2) is 12.6 Å². The van der Waals surface area contributed by atoms with Gasteiger partial charge in [0.2, 0.25) is 0 Å². The minimum absolute atomic E-state index is 0.255. The molecule has 3 aliphatic rings. The third kappa shape index (κ3) is 6.95. The van der Waals surface area contributed by atoms with Gasteiger partial charge in [-0.3, -0.25) is 0 Å². The second-order valence-corrected chi connectivity index (χ2v) is 9.63. The van der Waals surface area contributed by atoms with Gasteiger partial charge in [-0.05, 0) is 86.8 Å². The van der Waals surface area contributed by atoms with Crippen LogP contribution in [0.25, 0.3) is 0 Å². The lowest BCUT2D eigenvalue weighted by Crippen LogP contribution is -2.19. The van der Waals surface area contributed by atoms with Gasteiger partial charge in [0.05, 0.1) is 26.4 Å². The van der Waals surface area contributed by atoms with E-state index in [2.05, 4.69) is 48.5 Å². The van der Waals surface area contributed by atoms with Crippen molar-refractivity contribution in [3.63, 3.8) is 0 Å². The van der Waals surface area contributed by atoms with Crippen molar-refractivity contribution in [2.75, 3.05) is 26.4 Å². The number of benzene rings is 2. The summed E-state index contributed by atoms with van der Waals surface area (Å²) in [6, 6.07) is 17.1. The molecule has 4 atom stereocenters. The summed E-state index contributed by atoms with van der Waals surface area (Å²) in [6.07, 6.45) is 4.80. The highest BCUT2D eigenvalue weighted by Gasteiger charge is 2.26. The average molecular weight is 469 g/mol. The smallest absolute Gasteiger partial charge is 0.197 e. The van der Waals surface area contributed by atoms with Gasteiger partial charge in [-0.15, -0.1) is 0 Å². The topological polar surface area (TPSA) is 62.0 Å². The van der Waals surface area contributed by atoms with Crippen molar-refractivity contribution in [3.8, 4) is 11.5 Å². The first kappa shape index (κ1) is 23.6. The Morgan fingerprint density at radius 3 is 1.32 bits per heavy atom. The Hall–Kier alpha value is -2.12. The van der Waals surface area contributed by atoms with Crippen molar-refractivity contribution in [3.05, 3.63) is 59.7 Å². The van der Waals surface area contributed by atoms with E-state index in [1.165, 1.54) is 36.8 Å². The first-order valence-electron chi connectivity index (χ1n) is 12.6. The Labute approximate surface area is 202 Å². The molecule has 1 aliphatic carbocycles. The molecule has 0 bridgehead atoms. The molecule has 6 heteroatoms. The van der Waals surface area contributed by atoms with Gasteiger partial charge in [-0.2, -0.15) is 0 Å². The van der Waals surface area contributed by atoms with Crippen molar-refractivity contribution in [1.82, 2.24) is 0 Å². The summed E-state index contributed by atoms with van der Waals surface area (Å²) in [5.41, 5.74) is 2.81. The number of ether oxygens (including phenoxy) is 6. The maximum Gasteiger partial charge on any atom is 0.197 e. The number of hydrogen-bond acceptors (Lipinski definition) is 6. The summed E-state index contributed by atoms with van der Waals surface area (Å²) in [5.74, 6) is 2.93. The van der Waals surface area contributed by atoms with Crippen LogP contribution in [0, 0.1) is 0 Å². The third-order valence-corrected chi connectivity index (χ3v) is 6.87. The van der Waals surface area contributed by atoms with E-state index in [4.69, 9.17) is 28.4 Å². The largest absolute Gasteiger partial charge is 0.465 e. The van der Waals surface area contributed by atoms with Crippen molar-refractivity contribution in [1.29, 1.82) is 0 Å². The summed E-state index contributed by atoms with van der Waals surface area (Å²) in [4.78, 5) is 0. The van der Waals surface area contributed by atoms with Gasteiger partial charge in [-0.25, -0.2) is 0 Å². The Kier molecular flexibility index (Phi) is 7.70. The molecule has 6 nitrogen and oxygen atoms in total. The number of epoxide rings is 2. The molecule has 2 saturated heterocycles. The molecule has 4 unspecified atom stereocenters. The zero-order valence-corrected chi connectivity index (χ0v) is 20.2. The zero-order valence-electron chi connectivity index (χ0n) is 20.2. The average Bonchev–Trinajstić information content (AvgIpc) is 3.78. The van der Waals surface area contributed by atoms with Crippen molar-refractivity contribution >= 4 is 0 Å². The summed E-state index contributed by atoms with van der Waals surface area (Å²) >= 11 is 0. The first-order valence-corrected chi connectivity index (χ1v) is 12.6. The molecule has 3 fully saturated rings. The molecule has 2 aromatic rings. The highest BCUT2D eigenvalue weighted by atomic mass is 16.7. The van der Waals surface area contributed by atoms with E-state index < -0.39 is 0 Å². The van der Waals surface area contributed by atoms with Crippen LogP contribution in [0.4, 0.5) is 0 Å². The van der Waals surface area contributed by atoms with E-state index in [1.54, 1.807) is 0 Å². The van der Waals surface area contributed by atoms with Gasteiger partial charge in [-0.1, -0.05) is 24.3 Å². The number of hydrogen-bond donors (Lipinski definition) is 0. The van der Waals surface area contributed by atoms with Gasteiger partial charge in [0.25, 0.3) is 0 Å². The molecular weight excluding hydrogens is 432 g/mol. The van der Waals surface area contributed by atoms with E-state index in [9.17, 15) is 0 Å². The lowest BCUT2D eigenvalue weighted by molar-refractivity contribution is -0.0711. The summed E-state index contributed by atoms with van der Waals surface area (Å²) in [7, 11) is 0. The molecule has 0 aromatic heterocycles. The van der Waals surface area contributed by atoms with E-state index in [0.29, 0.717) is 25.0 Å². The maximum atomic E-state index is 5.87. The van der Waals surface area contributed by atoms with Crippen molar-refractivity contribution in [2.24, 2.45) is 0 Å². The molecule has 2 heterocycles. The van der Waals surface area contributed by atoms with E-state index in [0.717, 1.165) is 24.7 Å². The molecule has 5 rings (SSSR count). The molecular formula is C28H36O6. The Morgan fingerprint density at radius 1 is 0.647 bits per heavy atom.